The standard InChI is InChI=1S/C16H24N2O4/c1-11(2)17(15(19)22-16(4,5)6)10-13-7-12(3)8-14(9-13)18(20)21/h7-9,11H,10H2,1-6H3. The van der Waals surface area contributed by atoms with Crippen LogP contribution in [0.3, 0.4) is 0 Å². The molecule has 1 aromatic rings. The summed E-state index contributed by atoms with van der Waals surface area (Å²) in [5.41, 5.74) is 0.953. The summed E-state index contributed by atoms with van der Waals surface area (Å²) in [6, 6.07) is 4.77. The number of ether oxygens (including phenoxy) is 1. The number of nitro groups is 1. The van der Waals surface area contributed by atoms with Crippen LogP contribution in [-0.2, 0) is 11.3 Å². The third kappa shape index (κ3) is 5.35. The zero-order valence-electron chi connectivity index (χ0n) is 14.0. The highest BCUT2D eigenvalue weighted by Gasteiger charge is 2.24. The quantitative estimate of drug-likeness (QED) is 0.621. The zero-order valence-corrected chi connectivity index (χ0v) is 14.0. The van der Waals surface area contributed by atoms with Crippen LogP contribution >= 0.6 is 0 Å². The maximum Gasteiger partial charge on any atom is 0.410 e. The van der Waals surface area contributed by atoms with E-state index in [4.69, 9.17) is 4.74 Å². The van der Waals surface area contributed by atoms with E-state index in [1.807, 2.05) is 19.9 Å². The van der Waals surface area contributed by atoms with Crippen molar-refractivity contribution in [2.75, 3.05) is 0 Å². The van der Waals surface area contributed by atoms with Gasteiger partial charge in [0.15, 0.2) is 0 Å². The van der Waals surface area contributed by atoms with E-state index in [-0.39, 0.29) is 18.3 Å². The number of hydrogen-bond donors (Lipinski definition) is 0. The summed E-state index contributed by atoms with van der Waals surface area (Å²) in [5.74, 6) is 0. The van der Waals surface area contributed by atoms with E-state index in [1.54, 1.807) is 32.6 Å². The first-order valence-electron chi connectivity index (χ1n) is 7.24. The van der Waals surface area contributed by atoms with Gasteiger partial charge in [0.1, 0.15) is 5.60 Å². The lowest BCUT2D eigenvalue weighted by Gasteiger charge is -2.30. The lowest BCUT2D eigenvalue weighted by Crippen LogP contribution is -2.40. The number of nitrogens with zero attached hydrogens (tertiary/aromatic N) is 2. The first-order chi connectivity index (χ1) is 9.99. The first-order valence-corrected chi connectivity index (χ1v) is 7.24. The van der Waals surface area contributed by atoms with Gasteiger partial charge in [0.25, 0.3) is 5.69 Å². The summed E-state index contributed by atoms with van der Waals surface area (Å²) in [6.07, 6.45) is -0.424. The molecule has 0 heterocycles. The Hall–Kier alpha value is -2.11. The normalized spacial score (nSPS) is 11.4. The number of non-ortho nitro benzene ring substituents is 1. The lowest BCUT2D eigenvalue weighted by molar-refractivity contribution is -0.385. The molecule has 1 aromatic carbocycles. The largest absolute Gasteiger partial charge is 0.444 e. The second-order valence-electron chi connectivity index (χ2n) is 6.64. The maximum absolute atomic E-state index is 12.3. The van der Waals surface area contributed by atoms with E-state index >= 15 is 0 Å². The van der Waals surface area contributed by atoms with Gasteiger partial charge in [0.2, 0.25) is 0 Å². The fraction of sp³-hybridized carbons (Fsp3) is 0.562. The van der Waals surface area contributed by atoms with Crippen LogP contribution in [0, 0.1) is 17.0 Å². The van der Waals surface area contributed by atoms with Crippen LogP contribution in [0.1, 0.15) is 45.7 Å². The van der Waals surface area contributed by atoms with Crippen molar-refractivity contribution in [2.45, 2.75) is 59.7 Å². The summed E-state index contributed by atoms with van der Waals surface area (Å²) in [6.45, 7) is 11.3. The zero-order chi connectivity index (χ0) is 17.1. The third-order valence-corrected chi connectivity index (χ3v) is 2.94. The molecule has 0 aliphatic carbocycles. The number of amides is 1. The fourth-order valence-electron chi connectivity index (χ4n) is 2.01. The molecule has 0 bridgehead atoms. The molecule has 0 saturated heterocycles. The Balaban J connectivity index is 3.01. The Kier molecular flexibility index (Phi) is 5.52. The molecular weight excluding hydrogens is 284 g/mol. The second-order valence-corrected chi connectivity index (χ2v) is 6.64. The predicted octanol–water partition coefficient (Wildman–Crippen LogP) is 4.05. The van der Waals surface area contributed by atoms with Crippen LogP contribution in [0.5, 0.6) is 0 Å². The summed E-state index contributed by atoms with van der Waals surface area (Å²) in [7, 11) is 0. The van der Waals surface area contributed by atoms with Gasteiger partial charge >= 0.3 is 6.09 Å². The molecule has 0 atom stereocenters. The highest BCUT2D eigenvalue weighted by molar-refractivity contribution is 5.68. The summed E-state index contributed by atoms with van der Waals surface area (Å²) in [5, 5.41) is 10.9. The number of nitro benzene ring substituents is 1. The van der Waals surface area contributed by atoms with Crippen molar-refractivity contribution in [1.82, 2.24) is 4.90 Å². The van der Waals surface area contributed by atoms with Crippen LogP contribution in [-0.4, -0.2) is 27.6 Å². The minimum atomic E-state index is -0.581. The molecule has 0 radical (unpaired) electrons. The highest BCUT2D eigenvalue weighted by Crippen LogP contribution is 2.20. The minimum Gasteiger partial charge on any atom is -0.444 e. The second kappa shape index (κ2) is 6.77. The van der Waals surface area contributed by atoms with Crippen LogP contribution in [0.15, 0.2) is 18.2 Å². The maximum atomic E-state index is 12.3. The molecule has 1 rings (SSSR count). The predicted molar refractivity (Wildman–Crippen MR) is 84.7 cm³/mol. The molecule has 0 unspecified atom stereocenters. The van der Waals surface area contributed by atoms with E-state index in [1.165, 1.54) is 12.1 Å². The van der Waals surface area contributed by atoms with Crippen LogP contribution in [0.25, 0.3) is 0 Å². The topological polar surface area (TPSA) is 72.7 Å². The molecule has 0 N–H and O–H groups in total. The van der Waals surface area contributed by atoms with Gasteiger partial charge in [-0.1, -0.05) is 6.07 Å². The van der Waals surface area contributed by atoms with Crippen molar-refractivity contribution in [3.63, 3.8) is 0 Å². The van der Waals surface area contributed by atoms with Crippen molar-refractivity contribution in [3.8, 4) is 0 Å². The van der Waals surface area contributed by atoms with Crippen molar-refractivity contribution in [2.24, 2.45) is 0 Å². The smallest absolute Gasteiger partial charge is 0.410 e. The SMILES string of the molecule is Cc1cc(CN(C(=O)OC(C)(C)C)C(C)C)cc([N+](=O)[O-])c1. The Morgan fingerprint density at radius 2 is 1.91 bits per heavy atom. The Bertz CT molecular complexity index is 562. The molecule has 0 aliphatic heterocycles. The molecule has 6 heteroatoms. The summed E-state index contributed by atoms with van der Waals surface area (Å²) >= 11 is 0. The molecular formula is C16H24N2O4. The number of rotatable bonds is 4. The molecule has 0 fully saturated rings. The van der Waals surface area contributed by atoms with Crippen LogP contribution < -0.4 is 0 Å². The Morgan fingerprint density at radius 1 is 1.32 bits per heavy atom. The Morgan fingerprint density at radius 3 is 2.36 bits per heavy atom. The third-order valence-electron chi connectivity index (χ3n) is 2.94. The van der Waals surface area contributed by atoms with Crippen molar-refractivity contribution < 1.29 is 14.5 Å². The molecule has 0 spiro atoms. The number of carbonyl (C=O) groups is 1. The van der Waals surface area contributed by atoms with Gasteiger partial charge in [-0.25, -0.2) is 4.79 Å². The monoisotopic (exact) mass is 308 g/mol. The molecule has 0 aromatic heterocycles. The van der Waals surface area contributed by atoms with E-state index < -0.39 is 16.6 Å². The molecule has 22 heavy (non-hydrogen) atoms. The van der Waals surface area contributed by atoms with Crippen molar-refractivity contribution in [3.05, 3.63) is 39.4 Å². The van der Waals surface area contributed by atoms with Crippen LogP contribution in [0.2, 0.25) is 0 Å². The Labute approximate surface area is 131 Å². The molecule has 0 aliphatic rings. The average Bonchev–Trinajstić information content (AvgIpc) is 2.32. The molecule has 0 saturated carbocycles. The van der Waals surface area contributed by atoms with Gasteiger partial charge in [0.05, 0.1) is 4.92 Å². The van der Waals surface area contributed by atoms with Gasteiger partial charge in [-0.05, 0) is 52.7 Å². The van der Waals surface area contributed by atoms with Gasteiger partial charge in [0, 0.05) is 24.7 Å². The van der Waals surface area contributed by atoms with E-state index in [2.05, 4.69) is 0 Å². The molecule has 1 amide bonds. The molecule has 122 valence electrons. The molecule has 6 nitrogen and oxygen atoms in total. The highest BCUT2D eigenvalue weighted by atomic mass is 16.6. The van der Waals surface area contributed by atoms with Gasteiger partial charge in [-0.15, -0.1) is 0 Å². The first kappa shape index (κ1) is 17.9. The van der Waals surface area contributed by atoms with E-state index in [0.29, 0.717) is 5.56 Å². The average molecular weight is 308 g/mol. The fourth-order valence-corrected chi connectivity index (χ4v) is 2.01. The minimum absolute atomic E-state index is 0.0305. The van der Waals surface area contributed by atoms with Crippen molar-refractivity contribution in [1.29, 1.82) is 0 Å². The van der Waals surface area contributed by atoms with Gasteiger partial charge in [-0.3, -0.25) is 10.1 Å². The number of hydrogen-bond acceptors (Lipinski definition) is 4. The van der Waals surface area contributed by atoms with E-state index in [0.717, 1.165) is 5.56 Å². The van der Waals surface area contributed by atoms with Gasteiger partial charge in [-0.2, -0.15) is 0 Å². The van der Waals surface area contributed by atoms with Crippen molar-refractivity contribution >= 4 is 11.8 Å². The number of benzene rings is 1. The lowest BCUT2D eigenvalue weighted by atomic mass is 10.1. The summed E-state index contributed by atoms with van der Waals surface area (Å²) < 4.78 is 5.39. The summed E-state index contributed by atoms with van der Waals surface area (Å²) in [4.78, 5) is 24.4. The van der Waals surface area contributed by atoms with E-state index in [9.17, 15) is 14.9 Å². The van der Waals surface area contributed by atoms with Gasteiger partial charge < -0.3 is 9.64 Å². The number of carbonyl (C=O) groups excluding carboxylic acids is 1. The number of aryl methyl sites for hydroxylation is 1. The van der Waals surface area contributed by atoms with Crippen LogP contribution in [0.4, 0.5) is 10.5 Å².